The Morgan fingerprint density at radius 2 is 1.85 bits per heavy atom. The molecule has 4 heterocycles. The van der Waals surface area contributed by atoms with Crippen LogP contribution in [0.4, 0.5) is 9.59 Å². The summed E-state index contributed by atoms with van der Waals surface area (Å²) in [5.74, 6) is 0. The average Bonchev–Trinajstić information content (AvgIpc) is 3.06. The molecule has 186 valence electrons. The molecule has 1 N–H and O–H groups in total. The number of ether oxygens (including phenoxy) is 2. The molecule has 4 aliphatic rings. The van der Waals surface area contributed by atoms with Gasteiger partial charge < -0.3 is 29.3 Å². The molecule has 2 unspecified atom stereocenters. The molecule has 1 aromatic rings. The standard InChI is InChI=1S/C25H34ClN3O5/c1-25(2,22-15-33-8-7-28(22)24(31)32)11-17-10-18(26)9-16-5-6-27(12-21(16)17)23(30)29-19-3-4-20(29)14-34-13-19/h9-10,19-20,22H,3-8,11-15H2,1-2H3,(H,31,32)/t19?,20?,22-/m0/s1. The first-order valence-electron chi connectivity index (χ1n) is 12.3. The number of hydrogen-bond donors (Lipinski definition) is 1. The van der Waals surface area contributed by atoms with Crippen LogP contribution in [-0.2, 0) is 28.9 Å². The van der Waals surface area contributed by atoms with Gasteiger partial charge in [-0.3, -0.25) is 0 Å². The number of fused-ring (bicyclic) bond motifs is 3. The Morgan fingerprint density at radius 3 is 2.56 bits per heavy atom. The Kier molecular flexibility index (Phi) is 6.42. The highest BCUT2D eigenvalue weighted by Crippen LogP contribution is 2.37. The summed E-state index contributed by atoms with van der Waals surface area (Å²) in [7, 11) is 0. The minimum absolute atomic E-state index is 0.111. The summed E-state index contributed by atoms with van der Waals surface area (Å²) in [6, 6.07) is 4.23. The Hall–Kier alpha value is -2.03. The fraction of sp³-hybridized carbons (Fsp3) is 0.680. The molecule has 0 aliphatic carbocycles. The van der Waals surface area contributed by atoms with E-state index >= 15 is 0 Å². The highest BCUT2D eigenvalue weighted by molar-refractivity contribution is 6.30. The van der Waals surface area contributed by atoms with Gasteiger partial charge in [-0.1, -0.05) is 25.4 Å². The van der Waals surface area contributed by atoms with E-state index in [4.69, 9.17) is 21.1 Å². The summed E-state index contributed by atoms with van der Waals surface area (Å²) in [5, 5.41) is 10.4. The predicted molar refractivity (Wildman–Crippen MR) is 127 cm³/mol. The van der Waals surface area contributed by atoms with E-state index in [9.17, 15) is 14.7 Å². The number of carboxylic acid groups (broad SMARTS) is 1. The van der Waals surface area contributed by atoms with Crippen LogP contribution in [0.1, 0.15) is 43.4 Å². The number of morpholine rings is 2. The molecule has 3 amide bonds. The number of urea groups is 1. The van der Waals surface area contributed by atoms with Crippen molar-refractivity contribution < 1.29 is 24.2 Å². The van der Waals surface area contributed by atoms with Crippen LogP contribution in [0, 0.1) is 5.41 Å². The van der Waals surface area contributed by atoms with Crippen molar-refractivity contribution in [2.45, 2.75) is 64.2 Å². The van der Waals surface area contributed by atoms with Crippen LogP contribution < -0.4 is 0 Å². The van der Waals surface area contributed by atoms with Crippen molar-refractivity contribution in [3.05, 3.63) is 33.8 Å². The van der Waals surface area contributed by atoms with E-state index in [2.05, 4.69) is 18.7 Å². The minimum atomic E-state index is -0.911. The monoisotopic (exact) mass is 491 g/mol. The van der Waals surface area contributed by atoms with E-state index in [0.29, 0.717) is 57.5 Å². The molecule has 3 saturated heterocycles. The largest absolute Gasteiger partial charge is 0.465 e. The molecule has 0 aromatic heterocycles. The van der Waals surface area contributed by atoms with Crippen LogP contribution in [0.25, 0.3) is 0 Å². The Morgan fingerprint density at radius 1 is 1.12 bits per heavy atom. The van der Waals surface area contributed by atoms with Crippen molar-refractivity contribution in [1.82, 2.24) is 14.7 Å². The molecule has 0 saturated carbocycles. The topological polar surface area (TPSA) is 82.6 Å². The van der Waals surface area contributed by atoms with Gasteiger partial charge in [0.1, 0.15) is 0 Å². The number of benzene rings is 1. The molecular weight excluding hydrogens is 458 g/mol. The van der Waals surface area contributed by atoms with E-state index in [0.717, 1.165) is 30.4 Å². The highest BCUT2D eigenvalue weighted by atomic mass is 35.5. The van der Waals surface area contributed by atoms with E-state index in [1.54, 1.807) is 0 Å². The lowest BCUT2D eigenvalue weighted by Gasteiger charge is -2.44. The maximum atomic E-state index is 13.5. The smallest absolute Gasteiger partial charge is 0.407 e. The number of halogens is 1. The van der Waals surface area contributed by atoms with E-state index in [-0.39, 0.29) is 29.6 Å². The van der Waals surface area contributed by atoms with Gasteiger partial charge in [-0.05, 0) is 59.9 Å². The molecule has 3 fully saturated rings. The molecule has 5 rings (SSSR count). The fourth-order valence-corrected chi connectivity index (χ4v) is 6.48. The number of carbonyl (C=O) groups excluding carboxylic acids is 1. The van der Waals surface area contributed by atoms with Crippen molar-refractivity contribution in [3.8, 4) is 0 Å². The van der Waals surface area contributed by atoms with E-state index in [1.807, 2.05) is 17.0 Å². The zero-order valence-electron chi connectivity index (χ0n) is 20.0. The van der Waals surface area contributed by atoms with Gasteiger partial charge in [-0.2, -0.15) is 0 Å². The number of rotatable bonds is 3. The normalized spacial score (nSPS) is 27.0. The van der Waals surface area contributed by atoms with Crippen molar-refractivity contribution >= 4 is 23.7 Å². The molecule has 4 aliphatic heterocycles. The number of hydrogen-bond acceptors (Lipinski definition) is 4. The molecule has 1 aromatic carbocycles. The first kappa shape index (κ1) is 23.7. The number of nitrogens with zero attached hydrogens (tertiary/aromatic N) is 3. The summed E-state index contributed by atoms with van der Waals surface area (Å²) in [5.41, 5.74) is 3.05. The van der Waals surface area contributed by atoms with Crippen LogP contribution in [0.15, 0.2) is 12.1 Å². The van der Waals surface area contributed by atoms with Gasteiger partial charge in [-0.15, -0.1) is 0 Å². The zero-order valence-corrected chi connectivity index (χ0v) is 20.7. The van der Waals surface area contributed by atoms with Crippen molar-refractivity contribution in [3.63, 3.8) is 0 Å². The van der Waals surface area contributed by atoms with Crippen molar-refractivity contribution in [2.75, 3.05) is 39.5 Å². The molecule has 0 radical (unpaired) electrons. The summed E-state index contributed by atoms with van der Waals surface area (Å²) < 4.78 is 11.3. The van der Waals surface area contributed by atoms with E-state index in [1.165, 1.54) is 10.5 Å². The first-order chi connectivity index (χ1) is 16.2. The second-order valence-corrected chi connectivity index (χ2v) is 11.2. The van der Waals surface area contributed by atoms with Crippen LogP contribution in [0.2, 0.25) is 5.02 Å². The average molecular weight is 492 g/mol. The predicted octanol–water partition coefficient (Wildman–Crippen LogP) is 3.63. The Labute approximate surface area is 205 Å². The second kappa shape index (κ2) is 9.21. The van der Waals surface area contributed by atoms with Crippen LogP contribution in [0.3, 0.4) is 0 Å². The summed E-state index contributed by atoms with van der Waals surface area (Å²) in [4.78, 5) is 30.9. The summed E-state index contributed by atoms with van der Waals surface area (Å²) in [6.07, 6.45) is 2.53. The molecule has 0 spiro atoms. The van der Waals surface area contributed by atoms with Gasteiger partial charge in [0.25, 0.3) is 0 Å². The minimum Gasteiger partial charge on any atom is -0.465 e. The molecule has 3 atom stereocenters. The maximum Gasteiger partial charge on any atom is 0.407 e. The third-order valence-corrected chi connectivity index (χ3v) is 8.27. The summed E-state index contributed by atoms with van der Waals surface area (Å²) >= 11 is 6.51. The van der Waals surface area contributed by atoms with Crippen molar-refractivity contribution in [1.29, 1.82) is 0 Å². The maximum absolute atomic E-state index is 13.5. The van der Waals surface area contributed by atoms with Crippen LogP contribution in [-0.4, -0.2) is 89.6 Å². The zero-order chi connectivity index (χ0) is 24.0. The SMILES string of the molecule is CC(C)(Cc1cc(Cl)cc2c1CN(C(=O)N1C3CCC1COC3)CC2)[C@@H]1COCCN1C(=O)O. The lowest BCUT2D eigenvalue weighted by Crippen LogP contribution is -2.55. The van der Waals surface area contributed by atoms with Crippen LogP contribution in [0.5, 0.6) is 0 Å². The Balaban J connectivity index is 1.39. The summed E-state index contributed by atoms with van der Waals surface area (Å²) in [6.45, 7) is 7.85. The lowest BCUT2D eigenvalue weighted by molar-refractivity contribution is -0.0420. The third-order valence-electron chi connectivity index (χ3n) is 8.05. The van der Waals surface area contributed by atoms with Crippen LogP contribution >= 0.6 is 11.6 Å². The van der Waals surface area contributed by atoms with E-state index < -0.39 is 6.09 Å². The molecule has 2 bridgehead atoms. The van der Waals surface area contributed by atoms with Gasteiger partial charge in [0.15, 0.2) is 0 Å². The second-order valence-electron chi connectivity index (χ2n) is 10.7. The Bertz CT molecular complexity index is 954. The quantitative estimate of drug-likeness (QED) is 0.698. The van der Waals surface area contributed by atoms with Gasteiger partial charge in [0.2, 0.25) is 0 Å². The van der Waals surface area contributed by atoms with Crippen molar-refractivity contribution in [2.24, 2.45) is 5.41 Å². The van der Waals surface area contributed by atoms with Gasteiger partial charge in [0.05, 0.1) is 44.6 Å². The fourth-order valence-electron chi connectivity index (χ4n) is 6.22. The molecule has 34 heavy (non-hydrogen) atoms. The van der Waals surface area contributed by atoms with Gasteiger partial charge in [0, 0.05) is 24.7 Å². The molecule has 9 heteroatoms. The van der Waals surface area contributed by atoms with Gasteiger partial charge in [-0.25, -0.2) is 9.59 Å². The molecular formula is C25H34ClN3O5. The number of carbonyl (C=O) groups is 2. The lowest BCUT2D eigenvalue weighted by atomic mass is 9.76. The third kappa shape index (κ3) is 4.36. The number of amides is 3. The first-order valence-corrected chi connectivity index (χ1v) is 12.6. The molecule has 8 nitrogen and oxygen atoms in total. The van der Waals surface area contributed by atoms with Gasteiger partial charge >= 0.3 is 12.1 Å². The highest BCUT2D eigenvalue weighted by Gasteiger charge is 2.43.